The molecule has 0 aliphatic rings. The molecule has 0 spiro atoms. The molecule has 3 rings (SSSR count). The van der Waals surface area contributed by atoms with Gasteiger partial charge >= 0.3 is 0 Å². The molecular formula is C23H27N3O3S. The Morgan fingerprint density at radius 2 is 1.67 bits per heavy atom. The van der Waals surface area contributed by atoms with Gasteiger partial charge in [0.1, 0.15) is 0 Å². The van der Waals surface area contributed by atoms with Gasteiger partial charge in [-0.05, 0) is 25.0 Å². The lowest BCUT2D eigenvalue weighted by molar-refractivity contribution is 0.102. The van der Waals surface area contributed by atoms with Gasteiger partial charge < -0.3 is 14.0 Å². The predicted octanol–water partition coefficient (Wildman–Crippen LogP) is 5.06. The first kappa shape index (κ1) is 21.9. The summed E-state index contributed by atoms with van der Waals surface area (Å²) in [6.45, 7) is 6.96. The van der Waals surface area contributed by atoms with Crippen LogP contribution in [0.4, 0.5) is 0 Å². The molecule has 0 N–H and O–H groups in total. The van der Waals surface area contributed by atoms with Crippen molar-refractivity contribution in [2.24, 2.45) is 5.92 Å². The summed E-state index contributed by atoms with van der Waals surface area (Å²) in [5.74, 6) is 2.82. The minimum Gasteiger partial charge on any atom is -0.493 e. The highest BCUT2D eigenvalue weighted by Crippen LogP contribution is 2.31. The largest absolute Gasteiger partial charge is 0.493 e. The van der Waals surface area contributed by atoms with Gasteiger partial charge in [-0.15, -0.1) is 10.2 Å². The van der Waals surface area contributed by atoms with E-state index in [4.69, 9.17) is 9.47 Å². The smallest absolute Gasteiger partial charge is 0.191 e. The van der Waals surface area contributed by atoms with Crippen molar-refractivity contribution >= 4 is 17.5 Å². The molecule has 30 heavy (non-hydrogen) atoms. The van der Waals surface area contributed by atoms with E-state index < -0.39 is 0 Å². The monoisotopic (exact) mass is 425 g/mol. The zero-order chi connectivity index (χ0) is 21.5. The Morgan fingerprint density at radius 1 is 1.00 bits per heavy atom. The SMILES string of the molecule is COc1ccccc1OC(C)c1nnc(SCC(=O)c2ccccc2)n1CC(C)C. The molecular weight excluding hydrogens is 398 g/mol. The van der Waals surface area contributed by atoms with Crippen LogP contribution in [0.3, 0.4) is 0 Å². The number of rotatable bonds is 10. The van der Waals surface area contributed by atoms with Gasteiger partial charge in [-0.3, -0.25) is 4.79 Å². The van der Waals surface area contributed by atoms with Crippen molar-refractivity contribution in [2.45, 2.75) is 38.6 Å². The van der Waals surface area contributed by atoms with E-state index >= 15 is 0 Å². The van der Waals surface area contributed by atoms with Crippen LogP contribution in [0.25, 0.3) is 0 Å². The molecule has 0 bridgehead atoms. The van der Waals surface area contributed by atoms with Crippen molar-refractivity contribution in [2.75, 3.05) is 12.9 Å². The van der Waals surface area contributed by atoms with Crippen molar-refractivity contribution in [1.82, 2.24) is 14.8 Å². The van der Waals surface area contributed by atoms with Gasteiger partial charge in [0.05, 0.1) is 12.9 Å². The van der Waals surface area contributed by atoms with E-state index in [1.807, 2.05) is 66.1 Å². The van der Waals surface area contributed by atoms with Crippen LogP contribution in [0.2, 0.25) is 0 Å². The molecule has 158 valence electrons. The Morgan fingerprint density at radius 3 is 2.33 bits per heavy atom. The molecule has 6 nitrogen and oxygen atoms in total. The second-order valence-electron chi connectivity index (χ2n) is 7.33. The fourth-order valence-electron chi connectivity index (χ4n) is 3.04. The number of aromatic nitrogens is 3. The molecule has 1 unspecified atom stereocenters. The third kappa shape index (κ3) is 5.42. The number of Topliss-reactive ketones (excluding diaryl/α,β-unsaturated/α-hetero) is 1. The maximum Gasteiger partial charge on any atom is 0.191 e. The van der Waals surface area contributed by atoms with E-state index in [1.165, 1.54) is 11.8 Å². The number of carbonyl (C=O) groups is 1. The molecule has 0 saturated carbocycles. The fraction of sp³-hybridized carbons (Fsp3) is 0.348. The third-order valence-corrected chi connectivity index (χ3v) is 5.42. The van der Waals surface area contributed by atoms with Gasteiger partial charge in [-0.25, -0.2) is 0 Å². The number of hydrogen-bond donors (Lipinski definition) is 0. The molecule has 0 fully saturated rings. The first-order chi connectivity index (χ1) is 14.5. The maximum atomic E-state index is 12.5. The summed E-state index contributed by atoms with van der Waals surface area (Å²) in [7, 11) is 1.62. The van der Waals surface area contributed by atoms with E-state index in [0.717, 1.165) is 17.5 Å². The zero-order valence-corrected chi connectivity index (χ0v) is 18.6. The van der Waals surface area contributed by atoms with Crippen LogP contribution in [-0.4, -0.2) is 33.4 Å². The van der Waals surface area contributed by atoms with E-state index in [2.05, 4.69) is 24.0 Å². The summed E-state index contributed by atoms with van der Waals surface area (Å²) in [5, 5.41) is 9.46. The molecule has 0 aliphatic carbocycles. The summed E-state index contributed by atoms with van der Waals surface area (Å²) in [4.78, 5) is 12.5. The zero-order valence-electron chi connectivity index (χ0n) is 17.7. The van der Waals surface area contributed by atoms with E-state index in [1.54, 1.807) is 7.11 Å². The molecule has 0 amide bonds. The second-order valence-corrected chi connectivity index (χ2v) is 8.28. The van der Waals surface area contributed by atoms with Crippen molar-refractivity contribution in [1.29, 1.82) is 0 Å². The third-order valence-electron chi connectivity index (χ3n) is 4.46. The molecule has 1 heterocycles. The molecule has 7 heteroatoms. The Bertz CT molecular complexity index is 973. The molecule has 1 aromatic heterocycles. The lowest BCUT2D eigenvalue weighted by atomic mass is 10.2. The topological polar surface area (TPSA) is 66.2 Å². The number of thioether (sulfide) groups is 1. The van der Waals surface area contributed by atoms with Crippen LogP contribution in [0.1, 0.15) is 43.1 Å². The summed E-state index contributed by atoms with van der Waals surface area (Å²) < 4.78 is 13.6. The number of hydrogen-bond acceptors (Lipinski definition) is 6. The first-order valence-corrected chi connectivity index (χ1v) is 10.9. The number of carbonyl (C=O) groups excluding carboxylic acids is 1. The fourth-order valence-corrected chi connectivity index (χ4v) is 3.89. The number of benzene rings is 2. The predicted molar refractivity (Wildman–Crippen MR) is 118 cm³/mol. The quantitative estimate of drug-likeness (QED) is 0.334. The number of nitrogens with zero attached hydrogens (tertiary/aromatic N) is 3. The Labute approximate surface area is 181 Å². The van der Waals surface area contributed by atoms with Gasteiger partial charge in [0.25, 0.3) is 0 Å². The summed E-state index contributed by atoms with van der Waals surface area (Å²) in [5.41, 5.74) is 0.702. The Balaban J connectivity index is 1.78. The van der Waals surface area contributed by atoms with Crippen LogP contribution in [0.15, 0.2) is 59.8 Å². The van der Waals surface area contributed by atoms with Crippen LogP contribution < -0.4 is 9.47 Å². The number of methoxy groups -OCH3 is 1. The van der Waals surface area contributed by atoms with Gasteiger partial charge in [0, 0.05) is 12.1 Å². The highest BCUT2D eigenvalue weighted by Gasteiger charge is 2.22. The molecule has 0 saturated heterocycles. The highest BCUT2D eigenvalue weighted by molar-refractivity contribution is 7.99. The van der Waals surface area contributed by atoms with Crippen molar-refractivity contribution in [3.8, 4) is 11.5 Å². The number of ketones is 1. The molecule has 3 aromatic rings. The van der Waals surface area contributed by atoms with Gasteiger partial charge in [0.2, 0.25) is 0 Å². The van der Waals surface area contributed by atoms with Crippen LogP contribution in [0, 0.1) is 5.92 Å². The van der Waals surface area contributed by atoms with Gasteiger partial charge in [0.15, 0.2) is 34.4 Å². The van der Waals surface area contributed by atoms with Crippen molar-refractivity contribution in [3.63, 3.8) is 0 Å². The van der Waals surface area contributed by atoms with Crippen LogP contribution in [0.5, 0.6) is 11.5 Å². The molecule has 1 atom stereocenters. The summed E-state index contributed by atoms with van der Waals surface area (Å²) in [6.07, 6.45) is -0.327. The van der Waals surface area contributed by atoms with Gasteiger partial charge in [-0.2, -0.15) is 0 Å². The van der Waals surface area contributed by atoms with Crippen LogP contribution >= 0.6 is 11.8 Å². The normalized spacial score (nSPS) is 12.0. The van der Waals surface area contributed by atoms with E-state index in [0.29, 0.717) is 28.7 Å². The van der Waals surface area contributed by atoms with E-state index in [-0.39, 0.29) is 11.9 Å². The highest BCUT2D eigenvalue weighted by atomic mass is 32.2. The maximum absolute atomic E-state index is 12.5. The Hall–Kier alpha value is -2.80. The average Bonchev–Trinajstić information content (AvgIpc) is 3.14. The number of ether oxygens (including phenoxy) is 2. The molecule has 0 aliphatic heterocycles. The molecule has 0 radical (unpaired) electrons. The van der Waals surface area contributed by atoms with E-state index in [9.17, 15) is 4.79 Å². The summed E-state index contributed by atoms with van der Waals surface area (Å²) in [6, 6.07) is 16.8. The Kier molecular flexibility index (Phi) is 7.52. The van der Waals surface area contributed by atoms with Gasteiger partial charge in [-0.1, -0.05) is 68.1 Å². The van der Waals surface area contributed by atoms with Crippen LogP contribution in [-0.2, 0) is 6.54 Å². The molecule has 2 aromatic carbocycles. The van der Waals surface area contributed by atoms with Crippen molar-refractivity contribution in [3.05, 3.63) is 66.0 Å². The minimum atomic E-state index is -0.327. The number of para-hydroxylation sites is 2. The summed E-state index contributed by atoms with van der Waals surface area (Å²) >= 11 is 1.40. The average molecular weight is 426 g/mol. The second kappa shape index (κ2) is 10.3. The van der Waals surface area contributed by atoms with Crippen molar-refractivity contribution < 1.29 is 14.3 Å². The lowest BCUT2D eigenvalue weighted by Crippen LogP contribution is -2.16. The lowest BCUT2D eigenvalue weighted by Gasteiger charge is -2.19. The minimum absolute atomic E-state index is 0.0690. The first-order valence-electron chi connectivity index (χ1n) is 9.93. The standard InChI is InChI=1S/C23H27N3O3S/c1-16(2)14-26-22(17(3)29-21-13-9-8-12-20(21)28-4)24-25-23(26)30-15-19(27)18-10-6-5-7-11-18/h5-13,16-17H,14-15H2,1-4H3.